The van der Waals surface area contributed by atoms with Crippen molar-refractivity contribution in [2.75, 3.05) is 49.1 Å². The summed E-state index contributed by atoms with van der Waals surface area (Å²) in [6.07, 6.45) is 5.17. The van der Waals surface area contributed by atoms with E-state index in [1.165, 1.54) is 6.07 Å². The van der Waals surface area contributed by atoms with Crippen molar-refractivity contribution in [3.05, 3.63) is 46.9 Å². The summed E-state index contributed by atoms with van der Waals surface area (Å²) in [6, 6.07) is 6.51. The number of anilines is 2. The molecule has 1 aliphatic carbocycles. The molecule has 9 rings (SSSR count). The fourth-order valence-electron chi connectivity index (χ4n) is 9.26. The molecule has 0 bridgehead atoms. The van der Waals surface area contributed by atoms with Crippen molar-refractivity contribution >= 4 is 40.2 Å². The number of aromatic nitrogens is 2. The topological polar surface area (TPSA) is 129 Å². The molecular formula is C38H43F2N7O5. The molecule has 6 aliphatic rings. The number of hydrogen-bond donors (Lipinski definition) is 2. The Kier molecular flexibility index (Phi) is 8.01. The van der Waals surface area contributed by atoms with E-state index in [2.05, 4.69) is 20.4 Å². The zero-order chi connectivity index (χ0) is 35.8. The zero-order valence-electron chi connectivity index (χ0n) is 29.3. The number of fused-ring (bicyclic) bond motifs is 3. The number of amides is 3. The number of esters is 1. The monoisotopic (exact) mass is 715 g/mol. The Labute approximate surface area is 300 Å². The minimum atomic E-state index is -1.06. The Bertz CT molecular complexity index is 1990. The van der Waals surface area contributed by atoms with Gasteiger partial charge in [-0.1, -0.05) is 13.0 Å². The third-order valence-electron chi connectivity index (χ3n) is 12.0. The van der Waals surface area contributed by atoms with E-state index < -0.39 is 23.3 Å². The molecule has 1 saturated carbocycles. The standard InChI is InChI=1S/C38H43F2N7O5/c1-2-26-28(40)8-7-23-15-25(52-33(48)22-5-6-22)16-30(31(23)26)45-14-9-27-29(19-45)41-36(51-21-37-10-3-13-47(37)18-24(39)17-37)42-32(27)46-12-4-11-38(20-46)34(49)43-35(50)44-38/h7-8,15-16,22,24H,2-6,9-14,17-21H2,1H3,(H2,43,44,49,50)/t24-,37+,38-/m1/s1. The molecule has 4 saturated heterocycles. The van der Waals surface area contributed by atoms with Gasteiger partial charge in [-0.15, -0.1) is 0 Å². The lowest BCUT2D eigenvalue weighted by Crippen LogP contribution is -2.59. The van der Waals surface area contributed by atoms with E-state index in [-0.39, 0.29) is 42.8 Å². The molecule has 3 atom stereocenters. The first-order valence-corrected chi connectivity index (χ1v) is 18.7. The molecule has 5 aliphatic heterocycles. The second-order valence-corrected chi connectivity index (χ2v) is 15.4. The number of benzene rings is 2. The molecule has 3 aromatic rings. The number of alkyl halides is 1. The first kappa shape index (κ1) is 33.3. The molecule has 0 unspecified atom stereocenters. The first-order chi connectivity index (χ1) is 25.1. The summed E-state index contributed by atoms with van der Waals surface area (Å²) < 4.78 is 42.2. The molecule has 6 heterocycles. The number of rotatable bonds is 8. The number of ether oxygens (including phenoxy) is 2. The number of halogens is 2. The van der Waals surface area contributed by atoms with Gasteiger partial charge in [0.25, 0.3) is 5.91 Å². The van der Waals surface area contributed by atoms with E-state index in [1.54, 1.807) is 6.07 Å². The van der Waals surface area contributed by atoms with Crippen LogP contribution >= 0.6 is 0 Å². The Morgan fingerprint density at radius 1 is 1.08 bits per heavy atom. The van der Waals surface area contributed by atoms with Crippen LogP contribution in [-0.4, -0.2) is 89.4 Å². The maximum absolute atomic E-state index is 15.3. The number of carbonyl (C=O) groups is 3. The van der Waals surface area contributed by atoms with E-state index in [0.717, 1.165) is 59.9 Å². The molecule has 12 nitrogen and oxygen atoms in total. The van der Waals surface area contributed by atoms with Gasteiger partial charge in [-0.25, -0.2) is 13.6 Å². The van der Waals surface area contributed by atoms with Gasteiger partial charge < -0.3 is 24.6 Å². The fraction of sp³-hybridized carbons (Fsp3) is 0.553. The fourth-order valence-corrected chi connectivity index (χ4v) is 9.26. The highest BCUT2D eigenvalue weighted by atomic mass is 19.1. The maximum Gasteiger partial charge on any atom is 0.322 e. The zero-order valence-corrected chi connectivity index (χ0v) is 29.3. The Hall–Kier alpha value is -4.59. The normalized spacial score (nSPS) is 27.2. The van der Waals surface area contributed by atoms with E-state index in [9.17, 15) is 18.8 Å². The van der Waals surface area contributed by atoms with Crippen LogP contribution in [0.3, 0.4) is 0 Å². The molecule has 3 amide bonds. The summed E-state index contributed by atoms with van der Waals surface area (Å²) in [7, 11) is 0. The number of aryl methyl sites for hydroxylation is 1. The highest BCUT2D eigenvalue weighted by molar-refractivity contribution is 6.07. The first-order valence-electron chi connectivity index (χ1n) is 18.7. The smallest absolute Gasteiger partial charge is 0.322 e. The van der Waals surface area contributed by atoms with E-state index in [1.807, 2.05) is 24.0 Å². The summed E-state index contributed by atoms with van der Waals surface area (Å²) in [5.41, 5.74) is 1.52. The van der Waals surface area contributed by atoms with Crippen LogP contribution in [0.5, 0.6) is 11.8 Å². The van der Waals surface area contributed by atoms with Gasteiger partial charge in [0.1, 0.15) is 35.7 Å². The van der Waals surface area contributed by atoms with E-state index in [4.69, 9.17) is 19.4 Å². The number of urea groups is 1. The van der Waals surface area contributed by atoms with Crippen LogP contribution in [0.2, 0.25) is 0 Å². The van der Waals surface area contributed by atoms with Gasteiger partial charge in [0.15, 0.2) is 0 Å². The Morgan fingerprint density at radius 3 is 2.71 bits per heavy atom. The van der Waals surface area contributed by atoms with Crippen LogP contribution < -0.4 is 29.9 Å². The number of carbonyl (C=O) groups excluding carboxylic acids is 3. The average molecular weight is 716 g/mol. The summed E-state index contributed by atoms with van der Waals surface area (Å²) >= 11 is 0. The van der Waals surface area contributed by atoms with E-state index >= 15 is 4.39 Å². The van der Waals surface area contributed by atoms with Crippen LogP contribution in [0, 0.1) is 11.7 Å². The molecular weight excluding hydrogens is 672 g/mol. The molecule has 274 valence electrons. The van der Waals surface area contributed by atoms with Crippen molar-refractivity contribution in [2.45, 2.75) is 88.5 Å². The molecule has 5 fully saturated rings. The van der Waals surface area contributed by atoms with Crippen molar-refractivity contribution in [1.29, 1.82) is 0 Å². The third kappa shape index (κ3) is 5.69. The second kappa shape index (κ2) is 12.5. The minimum Gasteiger partial charge on any atom is -0.461 e. The molecule has 1 spiro atoms. The number of imide groups is 1. The lowest BCUT2D eigenvalue weighted by atomic mass is 9.88. The molecule has 2 N–H and O–H groups in total. The van der Waals surface area contributed by atoms with Crippen LogP contribution in [0.15, 0.2) is 24.3 Å². The largest absolute Gasteiger partial charge is 0.461 e. The van der Waals surface area contributed by atoms with Crippen LogP contribution in [0.25, 0.3) is 10.8 Å². The van der Waals surface area contributed by atoms with Gasteiger partial charge in [-0.05, 0) is 81.0 Å². The highest BCUT2D eigenvalue weighted by Crippen LogP contribution is 2.43. The van der Waals surface area contributed by atoms with Crippen molar-refractivity contribution in [2.24, 2.45) is 5.92 Å². The third-order valence-corrected chi connectivity index (χ3v) is 12.0. The molecule has 52 heavy (non-hydrogen) atoms. The Balaban J connectivity index is 1.10. The van der Waals surface area contributed by atoms with Gasteiger partial charge in [0.2, 0.25) is 0 Å². The van der Waals surface area contributed by atoms with Crippen molar-refractivity contribution in [1.82, 2.24) is 25.5 Å². The van der Waals surface area contributed by atoms with E-state index in [0.29, 0.717) is 75.4 Å². The highest BCUT2D eigenvalue weighted by Gasteiger charge is 2.51. The predicted octanol–water partition coefficient (Wildman–Crippen LogP) is 4.34. The van der Waals surface area contributed by atoms with Crippen molar-refractivity contribution in [3.63, 3.8) is 0 Å². The number of nitrogens with zero attached hydrogens (tertiary/aromatic N) is 5. The maximum atomic E-state index is 15.3. The predicted molar refractivity (Wildman–Crippen MR) is 188 cm³/mol. The van der Waals surface area contributed by atoms with Crippen molar-refractivity contribution in [3.8, 4) is 11.8 Å². The SMILES string of the molecule is CCc1c(F)ccc2cc(OC(=O)C3CC3)cc(N3CCc4c(nc(OC[C@@]56CCCN5C[C@H](F)C6)nc4N4CCC[C@]5(C4)NC(=O)NC5=O)C3)c12. The van der Waals surface area contributed by atoms with Gasteiger partial charge in [0.05, 0.1) is 30.2 Å². The van der Waals surface area contributed by atoms with Gasteiger partial charge in [-0.2, -0.15) is 9.97 Å². The second-order valence-electron chi connectivity index (χ2n) is 15.4. The average Bonchev–Trinajstić information content (AvgIpc) is 3.78. The summed E-state index contributed by atoms with van der Waals surface area (Å²) in [6.45, 7) is 5.18. The molecule has 0 radical (unpaired) electrons. The Morgan fingerprint density at radius 2 is 1.92 bits per heavy atom. The van der Waals surface area contributed by atoms with Crippen molar-refractivity contribution < 1.29 is 32.6 Å². The number of piperidine rings is 1. The molecule has 14 heteroatoms. The quantitative estimate of drug-likeness (QED) is 0.198. The van der Waals surface area contributed by atoms with Gasteiger partial charge in [0, 0.05) is 48.8 Å². The number of nitrogens with one attached hydrogen (secondary N) is 2. The summed E-state index contributed by atoms with van der Waals surface area (Å²) in [5.74, 6) is 0.108. The summed E-state index contributed by atoms with van der Waals surface area (Å²) in [4.78, 5) is 54.3. The lowest BCUT2D eigenvalue weighted by Gasteiger charge is -2.40. The van der Waals surface area contributed by atoms with Crippen LogP contribution in [-0.2, 0) is 29.0 Å². The summed E-state index contributed by atoms with van der Waals surface area (Å²) in [5, 5.41) is 6.82. The van der Waals surface area contributed by atoms with Gasteiger partial charge >= 0.3 is 18.0 Å². The van der Waals surface area contributed by atoms with Crippen LogP contribution in [0.1, 0.15) is 68.7 Å². The van der Waals surface area contributed by atoms with Gasteiger partial charge in [-0.3, -0.25) is 19.8 Å². The lowest BCUT2D eigenvalue weighted by molar-refractivity contribution is -0.135. The molecule has 1 aromatic heterocycles. The molecule has 2 aromatic carbocycles. The van der Waals surface area contributed by atoms with Crippen LogP contribution in [0.4, 0.5) is 25.1 Å². The minimum absolute atomic E-state index is 0.0811. The number of hydrogen-bond acceptors (Lipinski definition) is 10.